The molecule has 0 aromatic rings. The minimum Gasteiger partial charge on any atom is -0.392 e. The first-order chi connectivity index (χ1) is 7.56. The predicted molar refractivity (Wildman–Crippen MR) is 70.3 cm³/mol. The van der Waals surface area contributed by atoms with Crippen molar-refractivity contribution < 1.29 is 5.11 Å². The van der Waals surface area contributed by atoms with Gasteiger partial charge < -0.3 is 16.2 Å². The van der Waals surface area contributed by atoms with E-state index in [2.05, 4.69) is 33.0 Å². The summed E-state index contributed by atoms with van der Waals surface area (Å²) in [4.78, 5) is 0. The molecule has 2 unspecified atom stereocenters. The zero-order valence-electron chi connectivity index (χ0n) is 11.4. The Hall–Kier alpha value is -0.120. The number of rotatable bonds is 9. The number of aliphatic hydroxyl groups is 1. The van der Waals surface area contributed by atoms with Gasteiger partial charge in [0.15, 0.2) is 0 Å². The number of aliphatic hydroxyl groups excluding tert-OH is 1. The van der Waals surface area contributed by atoms with Gasteiger partial charge in [-0.15, -0.1) is 0 Å². The Labute approximate surface area is 101 Å². The Morgan fingerprint density at radius 2 is 1.62 bits per heavy atom. The van der Waals surface area contributed by atoms with Crippen molar-refractivity contribution in [3.63, 3.8) is 0 Å². The maximum Gasteiger partial charge on any atom is 0.0692 e. The van der Waals surface area contributed by atoms with Crippen molar-refractivity contribution in [2.75, 3.05) is 19.6 Å². The second kappa shape index (κ2) is 8.97. The molecule has 4 N–H and O–H groups in total. The van der Waals surface area contributed by atoms with Crippen LogP contribution in [-0.2, 0) is 0 Å². The third-order valence-corrected chi connectivity index (χ3v) is 3.60. The lowest BCUT2D eigenvalue weighted by molar-refractivity contribution is 0.0997. The Balaban J connectivity index is 3.79. The first kappa shape index (κ1) is 15.9. The van der Waals surface area contributed by atoms with E-state index in [-0.39, 0.29) is 6.10 Å². The van der Waals surface area contributed by atoms with Crippen LogP contribution in [0.25, 0.3) is 0 Å². The van der Waals surface area contributed by atoms with Gasteiger partial charge in [-0.05, 0) is 30.8 Å². The van der Waals surface area contributed by atoms with Crippen LogP contribution in [0.2, 0.25) is 0 Å². The fraction of sp³-hybridized carbons (Fsp3) is 1.00. The number of hydrogen-bond donors (Lipinski definition) is 3. The molecule has 16 heavy (non-hydrogen) atoms. The number of nitrogens with two attached hydrogens (primary N) is 1. The van der Waals surface area contributed by atoms with Crippen LogP contribution < -0.4 is 11.1 Å². The molecular formula is C13H30N2O. The van der Waals surface area contributed by atoms with Crippen molar-refractivity contribution in [2.24, 2.45) is 23.5 Å². The first-order valence-electron chi connectivity index (χ1n) is 6.65. The molecule has 0 aliphatic heterocycles. The maximum atomic E-state index is 9.94. The van der Waals surface area contributed by atoms with E-state index in [0.29, 0.717) is 30.8 Å². The SMILES string of the molecule is CCC(CC)C(O)CNCC(CN)C(C)C. The number of nitrogens with one attached hydrogen (secondary N) is 1. The third-order valence-electron chi connectivity index (χ3n) is 3.60. The lowest BCUT2D eigenvalue weighted by Gasteiger charge is -2.23. The Morgan fingerprint density at radius 1 is 1.06 bits per heavy atom. The van der Waals surface area contributed by atoms with E-state index in [9.17, 15) is 5.11 Å². The number of hydrogen-bond acceptors (Lipinski definition) is 3. The minimum absolute atomic E-state index is 0.222. The summed E-state index contributed by atoms with van der Waals surface area (Å²) >= 11 is 0. The second-order valence-corrected chi connectivity index (χ2v) is 5.04. The Kier molecular flexibility index (Phi) is 8.90. The van der Waals surface area contributed by atoms with E-state index in [4.69, 9.17) is 5.73 Å². The van der Waals surface area contributed by atoms with Crippen molar-refractivity contribution in [2.45, 2.75) is 46.6 Å². The molecular weight excluding hydrogens is 200 g/mol. The molecule has 2 atom stereocenters. The van der Waals surface area contributed by atoms with Crippen LogP contribution in [0.4, 0.5) is 0 Å². The fourth-order valence-electron chi connectivity index (χ4n) is 2.01. The van der Waals surface area contributed by atoms with Gasteiger partial charge in [0.1, 0.15) is 0 Å². The van der Waals surface area contributed by atoms with Gasteiger partial charge in [-0.25, -0.2) is 0 Å². The van der Waals surface area contributed by atoms with E-state index >= 15 is 0 Å². The summed E-state index contributed by atoms with van der Waals surface area (Å²) in [5, 5.41) is 13.3. The van der Waals surface area contributed by atoms with Crippen molar-refractivity contribution in [3.8, 4) is 0 Å². The first-order valence-corrected chi connectivity index (χ1v) is 6.65. The summed E-state index contributed by atoms with van der Waals surface area (Å²) in [7, 11) is 0. The van der Waals surface area contributed by atoms with Gasteiger partial charge in [-0.2, -0.15) is 0 Å². The molecule has 0 saturated carbocycles. The van der Waals surface area contributed by atoms with Gasteiger partial charge >= 0.3 is 0 Å². The van der Waals surface area contributed by atoms with Crippen LogP contribution in [0, 0.1) is 17.8 Å². The molecule has 0 radical (unpaired) electrons. The second-order valence-electron chi connectivity index (χ2n) is 5.04. The quantitative estimate of drug-likeness (QED) is 0.564. The van der Waals surface area contributed by atoms with Crippen LogP contribution in [0.1, 0.15) is 40.5 Å². The molecule has 3 heteroatoms. The van der Waals surface area contributed by atoms with Crippen LogP contribution in [-0.4, -0.2) is 30.8 Å². The molecule has 0 bridgehead atoms. The topological polar surface area (TPSA) is 58.3 Å². The van der Waals surface area contributed by atoms with Crippen LogP contribution in [0.3, 0.4) is 0 Å². The molecule has 0 aromatic heterocycles. The molecule has 0 saturated heterocycles. The predicted octanol–water partition coefficient (Wildman–Crippen LogP) is 1.60. The minimum atomic E-state index is -0.222. The normalized spacial score (nSPS) is 15.8. The summed E-state index contributed by atoms with van der Waals surface area (Å²) < 4.78 is 0. The van der Waals surface area contributed by atoms with Gasteiger partial charge in [0.05, 0.1) is 6.10 Å². The maximum absolute atomic E-state index is 9.94. The molecule has 0 amide bonds. The van der Waals surface area contributed by atoms with Crippen molar-refractivity contribution in [3.05, 3.63) is 0 Å². The van der Waals surface area contributed by atoms with Gasteiger partial charge in [0.25, 0.3) is 0 Å². The molecule has 0 aliphatic carbocycles. The van der Waals surface area contributed by atoms with Crippen molar-refractivity contribution in [1.82, 2.24) is 5.32 Å². The highest BCUT2D eigenvalue weighted by Gasteiger charge is 2.16. The van der Waals surface area contributed by atoms with E-state index < -0.39 is 0 Å². The van der Waals surface area contributed by atoms with Crippen molar-refractivity contribution in [1.29, 1.82) is 0 Å². The summed E-state index contributed by atoms with van der Waals surface area (Å²) in [6.07, 6.45) is 1.87. The smallest absolute Gasteiger partial charge is 0.0692 e. The van der Waals surface area contributed by atoms with E-state index in [1.807, 2.05) is 0 Å². The van der Waals surface area contributed by atoms with E-state index in [1.54, 1.807) is 0 Å². The van der Waals surface area contributed by atoms with Crippen LogP contribution >= 0.6 is 0 Å². The highest BCUT2D eigenvalue weighted by Crippen LogP contribution is 2.13. The van der Waals surface area contributed by atoms with Crippen LogP contribution in [0.15, 0.2) is 0 Å². The Bertz CT molecular complexity index is 158. The highest BCUT2D eigenvalue weighted by atomic mass is 16.3. The molecule has 98 valence electrons. The molecule has 0 aromatic carbocycles. The highest BCUT2D eigenvalue weighted by molar-refractivity contribution is 4.72. The van der Waals surface area contributed by atoms with E-state index in [1.165, 1.54) is 0 Å². The van der Waals surface area contributed by atoms with Crippen molar-refractivity contribution >= 4 is 0 Å². The van der Waals surface area contributed by atoms with Gasteiger partial charge in [0.2, 0.25) is 0 Å². The molecule has 0 spiro atoms. The lowest BCUT2D eigenvalue weighted by atomic mass is 9.94. The molecule has 0 heterocycles. The summed E-state index contributed by atoms with van der Waals surface area (Å²) in [6.45, 7) is 11.0. The van der Waals surface area contributed by atoms with E-state index in [0.717, 1.165) is 19.4 Å². The average molecular weight is 230 g/mol. The molecule has 3 nitrogen and oxygen atoms in total. The Morgan fingerprint density at radius 3 is 2.00 bits per heavy atom. The monoisotopic (exact) mass is 230 g/mol. The molecule has 0 rings (SSSR count). The summed E-state index contributed by atoms with van der Waals surface area (Å²) in [6, 6.07) is 0. The lowest BCUT2D eigenvalue weighted by Crippen LogP contribution is -2.38. The van der Waals surface area contributed by atoms with Crippen LogP contribution in [0.5, 0.6) is 0 Å². The standard InChI is InChI=1S/C13H30N2O/c1-5-11(6-2)13(16)9-15-8-12(7-14)10(3)4/h10-13,15-16H,5-9,14H2,1-4H3. The summed E-state index contributed by atoms with van der Waals surface area (Å²) in [5.41, 5.74) is 5.70. The average Bonchev–Trinajstić information content (AvgIpc) is 2.25. The largest absolute Gasteiger partial charge is 0.392 e. The van der Waals surface area contributed by atoms with Gasteiger partial charge in [-0.3, -0.25) is 0 Å². The van der Waals surface area contributed by atoms with Gasteiger partial charge in [-0.1, -0.05) is 40.5 Å². The molecule has 0 fully saturated rings. The fourth-order valence-corrected chi connectivity index (χ4v) is 2.01. The third kappa shape index (κ3) is 5.83. The summed E-state index contributed by atoms with van der Waals surface area (Å²) in [5.74, 6) is 1.53. The zero-order valence-corrected chi connectivity index (χ0v) is 11.4. The molecule has 0 aliphatic rings. The van der Waals surface area contributed by atoms with Gasteiger partial charge in [0, 0.05) is 6.54 Å². The zero-order chi connectivity index (χ0) is 12.6.